The van der Waals surface area contributed by atoms with Crippen molar-refractivity contribution in [2.45, 2.75) is 78.6 Å². The summed E-state index contributed by atoms with van der Waals surface area (Å²) in [4.78, 5) is 47.2. The SMILES string of the molecule is CCC(=O)Oc1ccc(C[C@H](N)C(=O)OC[C@H](C)OC(=O)OC(C)CC)cc1OC(=O)CC. The highest BCUT2D eigenvalue weighted by molar-refractivity contribution is 5.77. The fourth-order valence-corrected chi connectivity index (χ4v) is 2.35. The van der Waals surface area contributed by atoms with Crippen molar-refractivity contribution >= 4 is 24.1 Å². The molecule has 0 fully saturated rings. The lowest BCUT2D eigenvalue weighted by atomic mass is 10.1. The molecule has 1 aromatic carbocycles. The Hall–Kier alpha value is -3.14. The number of hydrogen-bond acceptors (Lipinski definition) is 10. The molecule has 2 N–H and O–H groups in total. The van der Waals surface area contributed by atoms with Crippen molar-refractivity contribution in [1.82, 2.24) is 0 Å². The highest BCUT2D eigenvalue weighted by Gasteiger charge is 2.21. The fraction of sp³-hybridized carbons (Fsp3) is 0.565. The van der Waals surface area contributed by atoms with Crippen LogP contribution in [0.1, 0.15) is 59.4 Å². The van der Waals surface area contributed by atoms with E-state index in [1.54, 1.807) is 33.8 Å². The zero-order valence-electron chi connectivity index (χ0n) is 19.8. The van der Waals surface area contributed by atoms with Crippen LogP contribution in [-0.4, -0.2) is 48.9 Å². The molecular formula is C23H33NO9. The van der Waals surface area contributed by atoms with E-state index < -0.39 is 36.2 Å². The van der Waals surface area contributed by atoms with Gasteiger partial charge in [0.05, 0.1) is 0 Å². The Morgan fingerprint density at radius 3 is 2.03 bits per heavy atom. The van der Waals surface area contributed by atoms with Gasteiger partial charge in [-0.1, -0.05) is 26.8 Å². The molecule has 33 heavy (non-hydrogen) atoms. The van der Waals surface area contributed by atoms with Crippen molar-refractivity contribution in [3.8, 4) is 11.5 Å². The Balaban J connectivity index is 2.70. The van der Waals surface area contributed by atoms with Gasteiger partial charge in [0, 0.05) is 12.8 Å². The second-order valence-electron chi connectivity index (χ2n) is 7.39. The molecule has 3 atom stereocenters. The van der Waals surface area contributed by atoms with Crippen molar-refractivity contribution in [2.75, 3.05) is 6.61 Å². The maximum atomic E-state index is 12.2. The molecule has 10 heteroatoms. The van der Waals surface area contributed by atoms with Crippen LogP contribution in [0.2, 0.25) is 0 Å². The quantitative estimate of drug-likeness (QED) is 0.360. The zero-order chi connectivity index (χ0) is 25.0. The average Bonchev–Trinajstić information content (AvgIpc) is 2.78. The van der Waals surface area contributed by atoms with Crippen LogP contribution in [-0.2, 0) is 35.0 Å². The number of esters is 3. The van der Waals surface area contributed by atoms with Gasteiger partial charge >= 0.3 is 24.1 Å². The lowest BCUT2D eigenvalue weighted by Crippen LogP contribution is -2.36. The van der Waals surface area contributed by atoms with Crippen LogP contribution in [0.3, 0.4) is 0 Å². The third-order valence-electron chi connectivity index (χ3n) is 4.42. The molecule has 1 unspecified atom stereocenters. The fourth-order valence-electron chi connectivity index (χ4n) is 2.35. The number of ether oxygens (including phenoxy) is 5. The third-order valence-corrected chi connectivity index (χ3v) is 4.42. The molecule has 0 radical (unpaired) electrons. The van der Waals surface area contributed by atoms with Crippen LogP contribution in [0.15, 0.2) is 18.2 Å². The Morgan fingerprint density at radius 2 is 1.45 bits per heavy atom. The molecule has 0 aliphatic carbocycles. The molecule has 0 amide bonds. The summed E-state index contributed by atoms with van der Waals surface area (Å²) in [5.74, 6) is -1.54. The van der Waals surface area contributed by atoms with Crippen molar-refractivity contribution in [1.29, 1.82) is 0 Å². The van der Waals surface area contributed by atoms with Gasteiger partial charge in [0.2, 0.25) is 0 Å². The van der Waals surface area contributed by atoms with E-state index in [1.165, 1.54) is 12.1 Å². The summed E-state index contributed by atoms with van der Waals surface area (Å²) in [6.45, 7) is 8.24. The summed E-state index contributed by atoms with van der Waals surface area (Å²) >= 11 is 0. The summed E-state index contributed by atoms with van der Waals surface area (Å²) in [6.07, 6.45) is -0.837. The first kappa shape index (κ1) is 27.9. The summed E-state index contributed by atoms with van der Waals surface area (Å²) in [5, 5.41) is 0. The normalized spacial score (nSPS) is 13.3. The lowest BCUT2D eigenvalue weighted by molar-refractivity contribution is -0.148. The maximum Gasteiger partial charge on any atom is 0.508 e. The minimum absolute atomic E-state index is 0.0589. The topological polar surface area (TPSA) is 140 Å². The van der Waals surface area contributed by atoms with Gasteiger partial charge in [-0.05, 0) is 44.4 Å². The van der Waals surface area contributed by atoms with E-state index in [0.29, 0.717) is 12.0 Å². The molecule has 184 valence electrons. The molecular weight excluding hydrogens is 434 g/mol. The van der Waals surface area contributed by atoms with Gasteiger partial charge in [0.25, 0.3) is 0 Å². The smallest absolute Gasteiger partial charge is 0.461 e. The van der Waals surface area contributed by atoms with Gasteiger partial charge in [-0.15, -0.1) is 0 Å². The summed E-state index contributed by atoms with van der Waals surface area (Å²) in [7, 11) is 0. The standard InChI is InChI=1S/C23H33NO9/c1-6-14(4)30-23(28)31-15(5)13-29-22(27)17(24)11-16-9-10-18(32-20(25)7-2)19(12-16)33-21(26)8-3/h9-10,12,14-15,17H,6-8,11,13,24H2,1-5H3/t14?,15-,17-/m0/s1. The first-order valence-electron chi connectivity index (χ1n) is 10.9. The predicted octanol–water partition coefficient (Wildman–Crippen LogP) is 3.07. The molecule has 0 heterocycles. The van der Waals surface area contributed by atoms with E-state index in [1.807, 2.05) is 6.92 Å². The number of carbonyl (C=O) groups excluding carboxylic acids is 4. The van der Waals surface area contributed by atoms with Gasteiger partial charge in [-0.25, -0.2) is 4.79 Å². The van der Waals surface area contributed by atoms with Gasteiger partial charge < -0.3 is 29.4 Å². The van der Waals surface area contributed by atoms with Crippen LogP contribution < -0.4 is 15.2 Å². The number of carbonyl (C=O) groups is 4. The van der Waals surface area contributed by atoms with Crippen LogP contribution in [0.5, 0.6) is 11.5 Å². The Labute approximate surface area is 193 Å². The number of nitrogens with two attached hydrogens (primary N) is 1. The van der Waals surface area contributed by atoms with E-state index in [9.17, 15) is 19.2 Å². The van der Waals surface area contributed by atoms with E-state index in [2.05, 4.69) is 0 Å². The second kappa shape index (κ2) is 14.1. The van der Waals surface area contributed by atoms with Gasteiger partial charge in [-0.2, -0.15) is 0 Å². The monoisotopic (exact) mass is 467 g/mol. The highest BCUT2D eigenvalue weighted by atomic mass is 16.7. The van der Waals surface area contributed by atoms with Crippen LogP contribution in [0.4, 0.5) is 4.79 Å². The predicted molar refractivity (Wildman–Crippen MR) is 118 cm³/mol. The first-order valence-corrected chi connectivity index (χ1v) is 10.9. The van der Waals surface area contributed by atoms with Crippen molar-refractivity contribution in [3.05, 3.63) is 23.8 Å². The zero-order valence-corrected chi connectivity index (χ0v) is 19.8. The van der Waals surface area contributed by atoms with Crippen molar-refractivity contribution in [2.24, 2.45) is 5.73 Å². The van der Waals surface area contributed by atoms with Gasteiger partial charge in [0.1, 0.15) is 24.9 Å². The average molecular weight is 468 g/mol. The van der Waals surface area contributed by atoms with E-state index in [4.69, 9.17) is 29.4 Å². The molecule has 0 aromatic heterocycles. The first-order chi connectivity index (χ1) is 15.6. The van der Waals surface area contributed by atoms with Crippen LogP contribution >= 0.6 is 0 Å². The molecule has 1 aromatic rings. The van der Waals surface area contributed by atoms with Gasteiger partial charge in [0.15, 0.2) is 11.5 Å². The summed E-state index contributed by atoms with van der Waals surface area (Å²) in [6, 6.07) is 3.53. The molecule has 0 aliphatic rings. The largest absolute Gasteiger partial charge is 0.508 e. The molecule has 0 saturated carbocycles. The third kappa shape index (κ3) is 10.3. The highest BCUT2D eigenvalue weighted by Crippen LogP contribution is 2.30. The Kier molecular flexibility index (Phi) is 11.9. The second-order valence-corrected chi connectivity index (χ2v) is 7.39. The molecule has 0 aliphatic heterocycles. The lowest BCUT2D eigenvalue weighted by Gasteiger charge is -2.17. The molecule has 0 spiro atoms. The number of rotatable bonds is 12. The molecule has 1 rings (SSSR count). The summed E-state index contributed by atoms with van der Waals surface area (Å²) in [5.41, 5.74) is 6.50. The number of benzene rings is 1. The minimum Gasteiger partial charge on any atom is -0.461 e. The van der Waals surface area contributed by atoms with E-state index in [-0.39, 0.29) is 43.5 Å². The van der Waals surface area contributed by atoms with Crippen molar-refractivity contribution in [3.63, 3.8) is 0 Å². The van der Waals surface area contributed by atoms with Crippen LogP contribution in [0, 0.1) is 0 Å². The minimum atomic E-state index is -1.02. The number of hydrogen-bond donors (Lipinski definition) is 1. The summed E-state index contributed by atoms with van der Waals surface area (Å²) < 4.78 is 25.6. The van der Waals surface area contributed by atoms with Crippen molar-refractivity contribution < 1.29 is 42.9 Å². The molecule has 0 bridgehead atoms. The Bertz CT molecular complexity index is 824. The molecule has 0 saturated heterocycles. The van der Waals surface area contributed by atoms with Crippen LogP contribution in [0.25, 0.3) is 0 Å². The van der Waals surface area contributed by atoms with E-state index in [0.717, 1.165) is 0 Å². The van der Waals surface area contributed by atoms with E-state index >= 15 is 0 Å². The van der Waals surface area contributed by atoms with Gasteiger partial charge in [-0.3, -0.25) is 14.4 Å². The Morgan fingerprint density at radius 1 is 0.879 bits per heavy atom. The molecule has 10 nitrogen and oxygen atoms in total. The maximum absolute atomic E-state index is 12.2.